The summed E-state index contributed by atoms with van der Waals surface area (Å²) in [5.74, 6) is 0.881. The first-order chi connectivity index (χ1) is 10.8. The Kier molecular flexibility index (Phi) is 4.01. The molecule has 2 N–H and O–H groups in total. The fraction of sp³-hybridized carbons (Fsp3) is 0.533. The first-order valence-corrected chi connectivity index (χ1v) is 8.04. The van der Waals surface area contributed by atoms with E-state index in [9.17, 15) is 4.79 Å². The number of nitrogens with one attached hydrogen (secondary N) is 2. The molecule has 2 aromatic heterocycles. The molecule has 1 saturated heterocycles. The van der Waals surface area contributed by atoms with Gasteiger partial charge in [0.05, 0.1) is 5.52 Å². The molecule has 0 spiro atoms. The SMILES string of the molecule is CC(C)(C)OC(=O)N1CCN(c2ccc3[nH]c(=S)[nH]c3n2)CC1. The molecule has 23 heavy (non-hydrogen) atoms. The van der Waals surface area contributed by atoms with Crippen molar-refractivity contribution in [3.05, 3.63) is 16.9 Å². The molecule has 8 heteroatoms. The Hall–Kier alpha value is -2.09. The number of carbonyl (C=O) groups excluding carboxylic acids is 1. The Bertz CT molecular complexity index is 768. The zero-order valence-corrected chi connectivity index (χ0v) is 14.4. The van der Waals surface area contributed by atoms with Gasteiger partial charge in [-0.15, -0.1) is 0 Å². The van der Waals surface area contributed by atoms with Crippen LogP contribution in [0.4, 0.5) is 10.6 Å². The molecule has 0 aliphatic carbocycles. The molecular weight excluding hydrogens is 314 g/mol. The van der Waals surface area contributed by atoms with Crippen molar-refractivity contribution < 1.29 is 9.53 Å². The van der Waals surface area contributed by atoms with E-state index in [1.54, 1.807) is 4.90 Å². The van der Waals surface area contributed by atoms with Crippen LogP contribution in [0.25, 0.3) is 11.2 Å². The molecule has 124 valence electrons. The number of piperazine rings is 1. The third-order valence-electron chi connectivity index (χ3n) is 3.62. The van der Waals surface area contributed by atoms with Crippen molar-refractivity contribution in [2.75, 3.05) is 31.1 Å². The number of pyridine rings is 1. The van der Waals surface area contributed by atoms with Crippen LogP contribution in [0.2, 0.25) is 0 Å². The second-order valence-corrected chi connectivity index (χ2v) is 7.01. The lowest BCUT2D eigenvalue weighted by Gasteiger charge is -2.36. The van der Waals surface area contributed by atoms with Crippen LogP contribution in [-0.2, 0) is 4.74 Å². The fourth-order valence-electron chi connectivity index (χ4n) is 2.53. The van der Waals surface area contributed by atoms with Gasteiger partial charge in [0.2, 0.25) is 0 Å². The summed E-state index contributed by atoms with van der Waals surface area (Å²) in [6, 6.07) is 3.93. The van der Waals surface area contributed by atoms with E-state index in [1.165, 1.54) is 0 Å². The van der Waals surface area contributed by atoms with Crippen molar-refractivity contribution in [1.82, 2.24) is 19.9 Å². The Morgan fingerprint density at radius 2 is 1.91 bits per heavy atom. The van der Waals surface area contributed by atoms with Gasteiger partial charge in [-0.3, -0.25) is 0 Å². The molecular formula is C15H21N5O2S. The summed E-state index contributed by atoms with van der Waals surface area (Å²) in [6.07, 6.45) is -0.254. The predicted molar refractivity (Wildman–Crippen MR) is 91.3 cm³/mol. The summed E-state index contributed by atoms with van der Waals surface area (Å²) in [5.41, 5.74) is 1.18. The van der Waals surface area contributed by atoms with Crippen LogP contribution in [0.5, 0.6) is 0 Å². The number of aromatic nitrogens is 3. The third-order valence-corrected chi connectivity index (χ3v) is 3.82. The van der Waals surface area contributed by atoms with E-state index < -0.39 is 5.60 Å². The monoisotopic (exact) mass is 335 g/mol. The molecule has 0 saturated carbocycles. The van der Waals surface area contributed by atoms with Crippen molar-refractivity contribution in [3.8, 4) is 0 Å². The fourth-order valence-corrected chi connectivity index (χ4v) is 2.73. The minimum atomic E-state index is -0.465. The van der Waals surface area contributed by atoms with E-state index in [0.717, 1.165) is 30.1 Å². The van der Waals surface area contributed by atoms with Crippen LogP contribution >= 0.6 is 12.2 Å². The highest BCUT2D eigenvalue weighted by molar-refractivity contribution is 7.71. The number of hydrogen-bond donors (Lipinski definition) is 2. The molecule has 0 unspecified atom stereocenters. The number of rotatable bonds is 1. The number of nitrogens with zero attached hydrogens (tertiary/aromatic N) is 3. The second kappa shape index (κ2) is 5.84. The standard InChI is InChI=1S/C15H21N5O2S/c1-15(2,3)22-14(21)20-8-6-19(7-9-20)11-5-4-10-12(17-11)18-13(23)16-10/h4-5H,6-9H2,1-3H3,(H2,16,17,18,23). The molecule has 0 aromatic carbocycles. The smallest absolute Gasteiger partial charge is 0.410 e. The summed E-state index contributed by atoms with van der Waals surface area (Å²) in [4.78, 5) is 26.6. The highest BCUT2D eigenvalue weighted by atomic mass is 32.1. The molecule has 2 aromatic rings. The van der Waals surface area contributed by atoms with E-state index in [-0.39, 0.29) is 6.09 Å². The van der Waals surface area contributed by atoms with Gasteiger partial charge in [0.15, 0.2) is 10.4 Å². The molecule has 1 fully saturated rings. The van der Waals surface area contributed by atoms with Crippen molar-refractivity contribution in [2.45, 2.75) is 26.4 Å². The molecule has 0 atom stereocenters. The van der Waals surface area contributed by atoms with Crippen molar-refractivity contribution in [3.63, 3.8) is 0 Å². The number of hydrogen-bond acceptors (Lipinski definition) is 5. The average Bonchev–Trinajstić information content (AvgIpc) is 2.84. The van der Waals surface area contributed by atoms with Crippen LogP contribution in [0.1, 0.15) is 20.8 Å². The highest BCUT2D eigenvalue weighted by Gasteiger charge is 2.26. The third kappa shape index (κ3) is 3.64. The van der Waals surface area contributed by atoms with Gasteiger partial charge < -0.3 is 24.5 Å². The Morgan fingerprint density at radius 1 is 1.22 bits per heavy atom. The quantitative estimate of drug-likeness (QED) is 0.784. The van der Waals surface area contributed by atoms with Gasteiger partial charge in [0, 0.05) is 26.2 Å². The Morgan fingerprint density at radius 3 is 2.57 bits per heavy atom. The number of anilines is 1. The number of ether oxygens (including phenoxy) is 1. The molecule has 1 aliphatic heterocycles. The summed E-state index contributed by atoms with van der Waals surface area (Å²) < 4.78 is 5.98. The van der Waals surface area contributed by atoms with Crippen LogP contribution in [0, 0.1) is 4.77 Å². The van der Waals surface area contributed by atoms with E-state index in [1.807, 2.05) is 32.9 Å². The van der Waals surface area contributed by atoms with Gasteiger partial charge in [0.1, 0.15) is 11.4 Å². The topological polar surface area (TPSA) is 77.2 Å². The number of imidazole rings is 1. The molecule has 0 bridgehead atoms. The molecule has 7 nitrogen and oxygen atoms in total. The Labute approximate surface area is 139 Å². The normalized spacial score (nSPS) is 16.0. The molecule has 3 heterocycles. The summed E-state index contributed by atoms with van der Waals surface area (Å²) in [7, 11) is 0. The van der Waals surface area contributed by atoms with E-state index in [4.69, 9.17) is 17.0 Å². The number of carbonyl (C=O) groups is 1. The van der Waals surface area contributed by atoms with E-state index >= 15 is 0 Å². The summed E-state index contributed by atoms with van der Waals surface area (Å²) >= 11 is 5.08. The van der Waals surface area contributed by atoms with Gasteiger partial charge in [-0.1, -0.05) is 0 Å². The van der Waals surface area contributed by atoms with Crippen molar-refractivity contribution in [1.29, 1.82) is 0 Å². The lowest BCUT2D eigenvalue weighted by atomic mass is 10.2. The number of aromatic amines is 2. The van der Waals surface area contributed by atoms with Crippen LogP contribution in [-0.4, -0.2) is 57.7 Å². The minimum Gasteiger partial charge on any atom is -0.444 e. The van der Waals surface area contributed by atoms with Crippen molar-refractivity contribution in [2.24, 2.45) is 0 Å². The average molecular weight is 335 g/mol. The zero-order chi connectivity index (χ0) is 16.6. The number of amides is 1. The van der Waals surface area contributed by atoms with E-state index in [2.05, 4.69) is 19.9 Å². The minimum absolute atomic E-state index is 0.254. The molecule has 3 rings (SSSR count). The maximum absolute atomic E-state index is 12.1. The summed E-state index contributed by atoms with van der Waals surface area (Å²) in [5, 5.41) is 0. The van der Waals surface area contributed by atoms with Crippen LogP contribution in [0.3, 0.4) is 0 Å². The molecule has 1 amide bonds. The highest BCUT2D eigenvalue weighted by Crippen LogP contribution is 2.18. The predicted octanol–water partition coefficient (Wildman–Crippen LogP) is 2.68. The van der Waals surface area contributed by atoms with Gasteiger partial charge in [0.25, 0.3) is 0 Å². The van der Waals surface area contributed by atoms with Gasteiger partial charge >= 0.3 is 6.09 Å². The van der Waals surface area contributed by atoms with E-state index in [0.29, 0.717) is 17.9 Å². The number of H-pyrrole nitrogens is 2. The van der Waals surface area contributed by atoms with Crippen LogP contribution in [0.15, 0.2) is 12.1 Å². The van der Waals surface area contributed by atoms with Gasteiger partial charge in [-0.2, -0.15) is 0 Å². The zero-order valence-electron chi connectivity index (χ0n) is 13.5. The lowest BCUT2D eigenvalue weighted by molar-refractivity contribution is 0.0240. The Balaban J connectivity index is 1.65. The lowest BCUT2D eigenvalue weighted by Crippen LogP contribution is -2.50. The molecule has 0 radical (unpaired) electrons. The second-order valence-electron chi connectivity index (χ2n) is 6.60. The largest absolute Gasteiger partial charge is 0.444 e. The first-order valence-electron chi connectivity index (χ1n) is 7.64. The van der Waals surface area contributed by atoms with Crippen LogP contribution < -0.4 is 4.90 Å². The molecule has 1 aliphatic rings. The van der Waals surface area contributed by atoms with Crippen molar-refractivity contribution >= 4 is 35.3 Å². The summed E-state index contributed by atoms with van der Waals surface area (Å²) in [6.45, 7) is 8.32. The van der Waals surface area contributed by atoms with Gasteiger partial charge in [-0.05, 0) is 45.1 Å². The first kappa shape index (κ1) is 15.8. The maximum Gasteiger partial charge on any atom is 0.410 e. The van der Waals surface area contributed by atoms with Gasteiger partial charge in [-0.25, -0.2) is 9.78 Å². The number of fused-ring (bicyclic) bond motifs is 1. The maximum atomic E-state index is 12.1.